The average molecular weight is 224 g/mol. The van der Waals surface area contributed by atoms with Gasteiger partial charge >= 0.3 is 0 Å². The van der Waals surface area contributed by atoms with Crippen LogP contribution in [0.15, 0.2) is 6.07 Å². The molecule has 1 saturated heterocycles. The Morgan fingerprint density at radius 3 is 2.81 bits per heavy atom. The van der Waals surface area contributed by atoms with Crippen molar-refractivity contribution < 1.29 is 4.74 Å². The van der Waals surface area contributed by atoms with E-state index >= 15 is 0 Å². The van der Waals surface area contributed by atoms with Crippen molar-refractivity contribution in [1.29, 1.82) is 0 Å². The number of nitrogens with two attached hydrogens (primary N) is 1. The SMILES string of the molecule is Cc1cc(NN2CCOCC2)nc(NN)n1. The van der Waals surface area contributed by atoms with Gasteiger partial charge in [-0.1, -0.05) is 0 Å². The van der Waals surface area contributed by atoms with E-state index in [0.29, 0.717) is 5.95 Å². The first-order valence-electron chi connectivity index (χ1n) is 5.19. The molecule has 0 bridgehead atoms. The van der Waals surface area contributed by atoms with Gasteiger partial charge in [-0.05, 0) is 6.92 Å². The number of nitrogens with zero attached hydrogens (tertiary/aromatic N) is 3. The second kappa shape index (κ2) is 5.06. The normalized spacial score (nSPS) is 17.1. The quantitative estimate of drug-likeness (QED) is 0.481. The third-order valence-electron chi connectivity index (χ3n) is 2.27. The smallest absolute Gasteiger partial charge is 0.239 e. The van der Waals surface area contributed by atoms with E-state index in [1.807, 2.05) is 13.0 Å². The maximum absolute atomic E-state index is 5.28. The van der Waals surface area contributed by atoms with Crippen LogP contribution in [0, 0.1) is 6.92 Å². The Morgan fingerprint density at radius 2 is 2.12 bits per heavy atom. The maximum Gasteiger partial charge on any atom is 0.239 e. The summed E-state index contributed by atoms with van der Waals surface area (Å²) in [6.45, 7) is 5.05. The summed E-state index contributed by atoms with van der Waals surface area (Å²) in [4.78, 5) is 8.32. The zero-order valence-electron chi connectivity index (χ0n) is 9.23. The predicted molar refractivity (Wildman–Crippen MR) is 60.6 cm³/mol. The molecule has 1 aliphatic heterocycles. The van der Waals surface area contributed by atoms with Crippen molar-refractivity contribution in [2.24, 2.45) is 5.84 Å². The topological polar surface area (TPSA) is 88.3 Å². The van der Waals surface area contributed by atoms with Crippen molar-refractivity contribution in [3.8, 4) is 0 Å². The molecule has 0 saturated carbocycles. The minimum atomic E-state index is 0.413. The van der Waals surface area contributed by atoms with Crippen LogP contribution < -0.4 is 16.7 Å². The largest absolute Gasteiger partial charge is 0.379 e. The molecular formula is C9H16N6O. The molecule has 1 fully saturated rings. The summed E-state index contributed by atoms with van der Waals surface area (Å²) < 4.78 is 5.26. The first-order valence-corrected chi connectivity index (χ1v) is 5.19. The lowest BCUT2D eigenvalue weighted by Crippen LogP contribution is -2.40. The number of nitrogens with one attached hydrogen (secondary N) is 2. The van der Waals surface area contributed by atoms with Crippen molar-refractivity contribution in [3.63, 3.8) is 0 Å². The van der Waals surface area contributed by atoms with Gasteiger partial charge in [-0.25, -0.2) is 15.8 Å². The molecule has 7 heteroatoms. The molecular weight excluding hydrogens is 208 g/mol. The van der Waals surface area contributed by atoms with Crippen LogP contribution in [0.1, 0.15) is 5.69 Å². The van der Waals surface area contributed by atoms with Crippen LogP contribution in [0.5, 0.6) is 0 Å². The second-order valence-corrected chi connectivity index (χ2v) is 3.57. The highest BCUT2D eigenvalue weighted by molar-refractivity contribution is 5.40. The number of hydrogen-bond acceptors (Lipinski definition) is 7. The molecule has 0 aliphatic carbocycles. The van der Waals surface area contributed by atoms with Crippen LogP contribution in [-0.4, -0.2) is 41.3 Å². The minimum Gasteiger partial charge on any atom is -0.379 e. The summed E-state index contributed by atoms with van der Waals surface area (Å²) in [7, 11) is 0. The highest BCUT2D eigenvalue weighted by Gasteiger charge is 2.11. The zero-order chi connectivity index (χ0) is 11.4. The van der Waals surface area contributed by atoms with Gasteiger partial charge in [0.2, 0.25) is 5.95 Å². The summed E-state index contributed by atoms with van der Waals surface area (Å²) in [5.74, 6) is 6.44. The van der Waals surface area contributed by atoms with Crippen LogP contribution in [0.25, 0.3) is 0 Å². The molecule has 0 amide bonds. The van der Waals surface area contributed by atoms with Gasteiger partial charge in [0.05, 0.1) is 13.2 Å². The number of aryl methyl sites for hydroxylation is 1. The molecule has 2 rings (SSSR count). The van der Waals surface area contributed by atoms with Gasteiger partial charge in [0.15, 0.2) is 0 Å². The molecule has 1 aromatic rings. The fourth-order valence-electron chi connectivity index (χ4n) is 1.53. The molecule has 0 atom stereocenters. The highest BCUT2D eigenvalue weighted by Crippen LogP contribution is 2.10. The van der Waals surface area contributed by atoms with Crippen molar-refractivity contribution >= 4 is 11.8 Å². The molecule has 0 radical (unpaired) electrons. The van der Waals surface area contributed by atoms with E-state index in [1.165, 1.54) is 0 Å². The molecule has 4 N–H and O–H groups in total. The lowest BCUT2D eigenvalue weighted by molar-refractivity contribution is 0.0495. The number of aromatic nitrogens is 2. The molecule has 2 heterocycles. The van der Waals surface area contributed by atoms with E-state index in [2.05, 4.69) is 25.8 Å². The second-order valence-electron chi connectivity index (χ2n) is 3.57. The van der Waals surface area contributed by atoms with E-state index in [0.717, 1.165) is 37.8 Å². The van der Waals surface area contributed by atoms with Gasteiger partial charge < -0.3 is 10.2 Å². The van der Waals surface area contributed by atoms with Gasteiger partial charge in [-0.2, -0.15) is 4.98 Å². The average Bonchev–Trinajstić information content (AvgIpc) is 2.29. The zero-order valence-corrected chi connectivity index (χ0v) is 9.23. The monoisotopic (exact) mass is 224 g/mol. The van der Waals surface area contributed by atoms with Gasteiger partial charge in [-0.3, -0.25) is 5.43 Å². The fourth-order valence-corrected chi connectivity index (χ4v) is 1.53. The molecule has 16 heavy (non-hydrogen) atoms. The van der Waals surface area contributed by atoms with E-state index < -0.39 is 0 Å². The third-order valence-corrected chi connectivity index (χ3v) is 2.27. The summed E-state index contributed by atoms with van der Waals surface area (Å²) in [5, 5.41) is 2.06. The Kier molecular flexibility index (Phi) is 3.50. The van der Waals surface area contributed by atoms with Crippen molar-refractivity contribution in [1.82, 2.24) is 15.0 Å². The maximum atomic E-state index is 5.28. The van der Waals surface area contributed by atoms with Crippen LogP contribution in [0.3, 0.4) is 0 Å². The first kappa shape index (κ1) is 11.1. The van der Waals surface area contributed by atoms with Gasteiger partial charge in [0, 0.05) is 24.8 Å². The molecule has 1 aromatic heterocycles. The van der Waals surface area contributed by atoms with Gasteiger partial charge in [0.1, 0.15) is 5.82 Å². The molecule has 1 aliphatic rings. The number of anilines is 2. The van der Waals surface area contributed by atoms with Crippen molar-refractivity contribution in [3.05, 3.63) is 11.8 Å². The van der Waals surface area contributed by atoms with Crippen molar-refractivity contribution in [2.45, 2.75) is 6.92 Å². The van der Waals surface area contributed by atoms with Crippen LogP contribution in [0.4, 0.5) is 11.8 Å². The van der Waals surface area contributed by atoms with Gasteiger partial charge in [-0.15, -0.1) is 0 Å². The standard InChI is InChI=1S/C9H16N6O/c1-7-6-8(12-9(11-7)13-10)14-15-2-4-16-5-3-15/h6H,2-5,10H2,1H3,(H2,11,12,13,14). The number of morpholine rings is 1. The Labute approximate surface area is 93.9 Å². The molecule has 0 unspecified atom stereocenters. The van der Waals surface area contributed by atoms with E-state index in [-0.39, 0.29) is 0 Å². The lowest BCUT2D eigenvalue weighted by atomic mass is 10.4. The van der Waals surface area contributed by atoms with Gasteiger partial charge in [0.25, 0.3) is 0 Å². The summed E-state index contributed by atoms with van der Waals surface area (Å²) in [6, 6.07) is 1.87. The van der Waals surface area contributed by atoms with Crippen LogP contribution >= 0.6 is 0 Å². The first-order chi connectivity index (χ1) is 7.78. The summed E-state index contributed by atoms with van der Waals surface area (Å²) >= 11 is 0. The summed E-state index contributed by atoms with van der Waals surface area (Å²) in [5.41, 5.74) is 6.50. The number of nitrogen functional groups attached to an aromatic ring is 1. The van der Waals surface area contributed by atoms with E-state index in [9.17, 15) is 0 Å². The molecule has 7 nitrogen and oxygen atoms in total. The third kappa shape index (κ3) is 2.78. The lowest BCUT2D eigenvalue weighted by Gasteiger charge is -2.27. The molecule has 88 valence electrons. The highest BCUT2D eigenvalue weighted by atomic mass is 16.5. The predicted octanol–water partition coefficient (Wildman–Crippen LogP) is -0.270. The number of ether oxygens (including phenoxy) is 1. The Morgan fingerprint density at radius 1 is 1.38 bits per heavy atom. The van der Waals surface area contributed by atoms with Crippen molar-refractivity contribution in [2.75, 3.05) is 37.2 Å². The number of hydrogen-bond donors (Lipinski definition) is 3. The Bertz CT molecular complexity index is 352. The number of hydrazine groups is 2. The Balaban J connectivity index is 2.04. The van der Waals surface area contributed by atoms with E-state index in [4.69, 9.17) is 10.6 Å². The Hall–Kier alpha value is -1.44. The van der Waals surface area contributed by atoms with Crippen LogP contribution in [-0.2, 0) is 4.74 Å². The fraction of sp³-hybridized carbons (Fsp3) is 0.556. The molecule has 0 aromatic carbocycles. The van der Waals surface area contributed by atoms with E-state index in [1.54, 1.807) is 0 Å². The van der Waals surface area contributed by atoms with Crippen LogP contribution in [0.2, 0.25) is 0 Å². The summed E-state index contributed by atoms with van der Waals surface area (Å²) in [6.07, 6.45) is 0. The minimum absolute atomic E-state index is 0.413. The molecule has 0 spiro atoms. The number of rotatable bonds is 3.